The van der Waals surface area contributed by atoms with Crippen LogP contribution in [0.3, 0.4) is 0 Å². The van der Waals surface area contributed by atoms with E-state index in [4.69, 9.17) is 35.9 Å². The predicted octanol–water partition coefficient (Wildman–Crippen LogP) is 5.66. The summed E-state index contributed by atoms with van der Waals surface area (Å²) in [6, 6.07) is 14.0. The summed E-state index contributed by atoms with van der Waals surface area (Å²) in [5, 5.41) is 3.68. The van der Waals surface area contributed by atoms with Gasteiger partial charge in [0.1, 0.15) is 17.6 Å². The summed E-state index contributed by atoms with van der Waals surface area (Å²) in [7, 11) is 1.66. The maximum Gasteiger partial charge on any atom is 0.261 e. The lowest BCUT2D eigenvalue weighted by Gasteiger charge is -2.47. The Balaban J connectivity index is 0.00000304. The lowest BCUT2D eigenvalue weighted by molar-refractivity contribution is -0.0288. The van der Waals surface area contributed by atoms with Gasteiger partial charge in [0.2, 0.25) is 6.79 Å². The van der Waals surface area contributed by atoms with Gasteiger partial charge in [0, 0.05) is 36.8 Å². The average Bonchev–Trinajstić information content (AvgIpc) is 3.36. The highest BCUT2D eigenvalue weighted by Gasteiger charge is 2.40. The summed E-state index contributed by atoms with van der Waals surface area (Å²) < 4.78 is 28.3. The molecular weight excluding hydrogens is 500 g/mol. The molecule has 3 unspecified atom stereocenters. The molecule has 0 aromatic heterocycles. The van der Waals surface area contributed by atoms with E-state index in [-0.39, 0.29) is 25.3 Å². The van der Waals surface area contributed by atoms with Crippen molar-refractivity contribution in [2.24, 2.45) is 5.92 Å². The highest BCUT2D eigenvalue weighted by molar-refractivity contribution is 7.80. The van der Waals surface area contributed by atoms with E-state index < -0.39 is 0 Å². The Bertz CT molecular complexity index is 1010. The smallest absolute Gasteiger partial charge is 0.261 e. The second-order valence-electron chi connectivity index (χ2n) is 9.35. The molecule has 0 amide bonds. The maximum atomic E-state index is 6.31. The van der Waals surface area contributed by atoms with Gasteiger partial charge < -0.3 is 29.0 Å². The van der Waals surface area contributed by atoms with Crippen LogP contribution in [0.4, 0.5) is 5.69 Å². The van der Waals surface area contributed by atoms with Crippen molar-refractivity contribution in [1.29, 1.82) is 0 Å². The standard InChI is InChI=1S/C27H34N2O5S.ClH/c1-30-20-9-7-19(8-10-20)28-27(35)34-24-13-15-29(23-6-3-2-5-22(23)24)14-4-16-31-21-11-12-25-26(17-21)33-18-32-25;/h7-12,17,22-24H,2-6,13-16,18H2,1H3,(H,28,35);1H. The van der Waals surface area contributed by atoms with Gasteiger partial charge in [-0.05, 0) is 74.3 Å². The van der Waals surface area contributed by atoms with Gasteiger partial charge >= 0.3 is 0 Å². The van der Waals surface area contributed by atoms with Crippen molar-refractivity contribution in [3.8, 4) is 23.0 Å². The van der Waals surface area contributed by atoms with Gasteiger partial charge in [-0.1, -0.05) is 12.8 Å². The molecule has 0 bridgehead atoms. The molecule has 196 valence electrons. The Morgan fingerprint density at radius 1 is 1.03 bits per heavy atom. The van der Waals surface area contributed by atoms with Gasteiger partial charge in [-0.3, -0.25) is 4.90 Å². The summed E-state index contributed by atoms with van der Waals surface area (Å²) in [5.74, 6) is 3.71. The molecule has 2 fully saturated rings. The van der Waals surface area contributed by atoms with Gasteiger partial charge in [0.05, 0.1) is 13.7 Å². The Labute approximate surface area is 224 Å². The number of likely N-dealkylation sites (tertiary alicyclic amines) is 1. The van der Waals surface area contributed by atoms with Crippen molar-refractivity contribution in [3.63, 3.8) is 0 Å². The third-order valence-corrected chi connectivity index (χ3v) is 7.42. The van der Waals surface area contributed by atoms with E-state index in [0.29, 0.717) is 23.7 Å². The van der Waals surface area contributed by atoms with Crippen molar-refractivity contribution < 1.29 is 23.7 Å². The molecular formula is C27H35ClN2O5S. The molecule has 2 aromatic rings. The summed E-state index contributed by atoms with van der Waals surface area (Å²) in [4.78, 5) is 2.65. The molecule has 3 atom stereocenters. The first-order valence-electron chi connectivity index (χ1n) is 12.6. The number of nitrogens with one attached hydrogen (secondary N) is 1. The summed E-state index contributed by atoms with van der Waals surface area (Å²) in [5.41, 5.74) is 0.913. The number of halogens is 1. The number of rotatable bonds is 8. The molecule has 5 rings (SSSR count). The largest absolute Gasteiger partial charge is 0.497 e. The van der Waals surface area contributed by atoms with E-state index in [0.717, 1.165) is 54.6 Å². The quantitative estimate of drug-likeness (QED) is 0.344. The van der Waals surface area contributed by atoms with Crippen LogP contribution >= 0.6 is 24.6 Å². The Morgan fingerprint density at radius 2 is 1.81 bits per heavy atom. The fourth-order valence-corrected chi connectivity index (χ4v) is 5.75. The van der Waals surface area contributed by atoms with E-state index in [1.807, 2.05) is 42.5 Å². The number of anilines is 1. The minimum atomic E-state index is 0. The normalized spacial score (nSPS) is 22.6. The molecule has 9 heteroatoms. The number of hydrogen-bond acceptors (Lipinski definition) is 7. The number of thiocarbonyl (C=S) groups is 1. The fourth-order valence-electron chi connectivity index (χ4n) is 5.51. The minimum absolute atomic E-state index is 0. The molecule has 7 nitrogen and oxygen atoms in total. The molecule has 2 aromatic carbocycles. The van der Waals surface area contributed by atoms with Crippen LogP contribution in [-0.2, 0) is 4.74 Å². The third-order valence-electron chi connectivity index (χ3n) is 7.23. The van der Waals surface area contributed by atoms with Crippen LogP contribution in [-0.4, -0.2) is 55.8 Å². The van der Waals surface area contributed by atoms with Crippen LogP contribution < -0.4 is 24.3 Å². The average molecular weight is 535 g/mol. The number of fused-ring (bicyclic) bond motifs is 2. The number of nitrogens with zero attached hydrogens (tertiary/aromatic N) is 1. The lowest BCUT2D eigenvalue weighted by atomic mass is 9.76. The van der Waals surface area contributed by atoms with Crippen molar-refractivity contribution in [2.75, 3.05) is 38.9 Å². The second kappa shape index (κ2) is 12.7. The molecule has 3 aliphatic rings. The monoisotopic (exact) mass is 534 g/mol. The molecule has 2 heterocycles. The molecule has 1 N–H and O–H groups in total. The number of ether oxygens (including phenoxy) is 5. The van der Waals surface area contributed by atoms with E-state index in [9.17, 15) is 0 Å². The van der Waals surface area contributed by atoms with Crippen LogP contribution in [0.25, 0.3) is 0 Å². The number of hydrogen-bond donors (Lipinski definition) is 1. The second-order valence-corrected chi connectivity index (χ2v) is 9.73. The summed E-state index contributed by atoms with van der Waals surface area (Å²) in [6.07, 6.45) is 7.12. The summed E-state index contributed by atoms with van der Waals surface area (Å²) in [6.45, 7) is 3.03. The molecule has 36 heavy (non-hydrogen) atoms. The first kappa shape index (κ1) is 26.6. The van der Waals surface area contributed by atoms with Gasteiger partial charge in [-0.15, -0.1) is 12.4 Å². The number of piperidine rings is 1. The fraction of sp³-hybridized carbons (Fsp3) is 0.519. The van der Waals surface area contributed by atoms with E-state index in [2.05, 4.69) is 10.2 Å². The van der Waals surface area contributed by atoms with E-state index in [1.54, 1.807) is 7.11 Å². The van der Waals surface area contributed by atoms with Crippen LogP contribution in [0.5, 0.6) is 23.0 Å². The van der Waals surface area contributed by atoms with Gasteiger partial charge in [-0.2, -0.15) is 0 Å². The van der Waals surface area contributed by atoms with Crippen LogP contribution in [0, 0.1) is 5.92 Å². The third kappa shape index (κ3) is 6.47. The number of methoxy groups -OCH3 is 1. The minimum Gasteiger partial charge on any atom is -0.497 e. The molecule has 1 saturated carbocycles. The van der Waals surface area contributed by atoms with Gasteiger partial charge in [0.25, 0.3) is 5.17 Å². The van der Waals surface area contributed by atoms with E-state index in [1.165, 1.54) is 25.7 Å². The molecule has 1 saturated heterocycles. The van der Waals surface area contributed by atoms with Crippen molar-refractivity contribution in [1.82, 2.24) is 4.90 Å². The maximum absolute atomic E-state index is 6.31. The zero-order valence-corrected chi connectivity index (χ0v) is 22.3. The Kier molecular flexibility index (Phi) is 9.40. The first-order valence-corrected chi connectivity index (χ1v) is 13.0. The topological polar surface area (TPSA) is 61.4 Å². The zero-order chi connectivity index (χ0) is 24.0. The Hall–Kier alpha value is -2.42. The van der Waals surface area contributed by atoms with Crippen molar-refractivity contribution in [3.05, 3.63) is 42.5 Å². The zero-order valence-electron chi connectivity index (χ0n) is 20.6. The van der Waals surface area contributed by atoms with Gasteiger partial charge in [-0.25, -0.2) is 0 Å². The van der Waals surface area contributed by atoms with Gasteiger partial charge in [0.15, 0.2) is 11.5 Å². The van der Waals surface area contributed by atoms with Crippen LogP contribution in [0.15, 0.2) is 42.5 Å². The van der Waals surface area contributed by atoms with E-state index >= 15 is 0 Å². The van der Waals surface area contributed by atoms with Crippen molar-refractivity contribution >= 4 is 35.5 Å². The highest BCUT2D eigenvalue weighted by atomic mass is 35.5. The highest BCUT2D eigenvalue weighted by Crippen LogP contribution is 2.38. The number of benzene rings is 2. The molecule has 1 aliphatic carbocycles. The van der Waals surface area contributed by atoms with Crippen molar-refractivity contribution in [2.45, 2.75) is 50.7 Å². The summed E-state index contributed by atoms with van der Waals surface area (Å²) >= 11 is 5.55. The first-order chi connectivity index (χ1) is 17.2. The lowest BCUT2D eigenvalue weighted by Crippen LogP contribution is -2.54. The van der Waals surface area contributed by atoms with Crippen LogP contribution in [0.1, 0.15) is 38.5 Å². The molecule has 0 radical (unpaired) electrons. The SMILES string of the molecule is COc1ccc(NC(=S)OC2CCN(CCCOc3ccc4c(c3)OCO4)C3CCCCC23)cc1.Cl. The Morgan fingerprint density at radius 3 is 2.64 bits per heavy atom. The predicted molar refractivity (Wildman–Crippen MR) is 146 cm³/mol. The molecule has 2 aliphatic heterocycles. The van der Waals surface area contributed by atoms with Crippen LogP contribution in [0.2, 0.25) is 0 Å². The molecule has 0 spiro atoms.